The highest BCUT2D eigenvalue weighted by Gasteiger charge is 2.13. The first-order valence-corrected chi connectivity index (χ1v) is 8.57. The maximum absolute atomic E-state index is 12.5. The van der Waals surface area contributed by atoms with Crippen molar-refractivity contribution in [3.63, 3.8) is 0 Å². The molecule has 1 N–H and O–H groups in total. The first-order valence-electron chi connectivity index (χ1n) is 8.19. The van der Waals surface area contributed by atoms with Gasteiger partial charge in [-0.1, -0.05) is 41.9 Å². The van der Waals surface area contributed by atoms with Gasteiger partial charge in [0.1, 0.15) is 17.3 Å². The molecule has 26 heavy (non-hydrogen) atoms. The third-order valence-corrected chi connectivity index (χ3v) is 4.06. The van der Waals surface area contributed by atoms with Gasteiger partial charge in [0.15, 0.2) is 0 Å². The highest BCUT2D eigenvalue weighted by atomic mass is 35.5. The van der Waals surface area contributed by atoms with Crippen LogP contribution in [-0.2, 0) is 6.54 Å². The van der Waals surface area contributed by atoms with Gasteiger partial charge in [0.25, 0.3) is 5.91 Å². The van der Waals surface area contributed by atoms with Crippen LogP contribution in [0.3, 0.4) is 0 Å². The van der Waals surface area contributed by atoms with E-state index < -0.39 is 0 Å². The normalized spacial score (nSPS) is 10.4. The van der Waals surface area contributed by atoms with Gasteiger partial charge in [-0.05, 0) is 36.8 Å². The average Bonchev–Trinajstić information content (AvgIpc) is 2.64. The van der Waals surface area contributed by atoms with E-state index in [1.54, 1.807) is 13.0 Å². The molecule has 5 nitrogen and oxygen atoms in total. The quantitative estimate of drug-likeness (QED) is 0.730. The smallest absolute Gasteiger partial charge is 0.274 e. The van der Waals surface area contributed by atoms with Gasteiger partial charge in [-0.25, -0.2) is 9.97 Å². The van der Waals surface area contributed by atoms with E-state index in [0.29, 0.717) is 28.9 Å². The zero-order valence-corrected chi connectivity index (χ0v) is 15.4. The van der Waals surface area contributed by atoms with Crippen molar-refractivity contribution in [2.24, 2.45) is 0 Å². The van der Waals surface area contributed by atoms with Crippen LogP contribution in [0.4, 0.5) is 11.5 Å². The molecule has 1 aromatic heterocycles. The molecule has 0 aliphatic heterocycles. The van der Waals surface area contributed by atoms with Crippen LogP contribution in [0.2, 0.25) is 5.02 Å². The van der Waals surface area contributed by atoms with Gasteiger partial charge in [-0.15, -0.1) is 0 Å². The number of carbonyl (C=O) groups is 1. The second-order valence-corrected chi connectivity index (χ2v) is 6.40. The molecule has 0 aliphatic carbocycles. The first kappa shape index (κ1) is 17.9. The number of amides is 1. The molecule has 0 unspecified atom stereocenters. The second kappa shape index (κ2) is 7.97. The lowest BCUT2D eigenvalue weighted by Gasteiger charge is -2.19. The number of aromatic nitrogens is 2. The molecule has 0 aliphatic rings. The molecule has 6 heteroatoms. The Balaban J connectivity index is 1.78. The minimum Gasteiger partial charge on any atom is -0.355 e. The molecule has 0 fully saturated rings. The molecule has 3 aromatic rings. The number of nitrogens with one attached hydrogen (secondary N) is 1. The maximum atomic E-state index is 12.5. The summed E-state index contributed by atoms with van der Waals surface area (Å²) in [4.78, 5) is 23.2. The molecule has 0 spiro atoms. The van der Waals surface area contributed by atoms with Crippen molar-refractivity contribution in [3.8, 4) is 0 Å². The Kier molecular flexibility index (Phi) is 5.49. The third kappa shape index (κ3) is 4.58. The van der Waals surface area contributed by atoms with Gasteiger partial charge in [0.2, 0.25) is 0 Å². The molecule has 132 valence electrons. The van der Waals surface area contributed by atoms with Crippen LogP contribution in [0.15, 0.2) is 60.7 Å². The minimum absolute atomic E-state index is 0.261. The molecule has 2 aromatic carbocycles. The summed E-state index contributed by atoms with van der Waals surface area (Å²) in [5.74, 6) is 0.970. The Morgan fingerprint density at radius 2 is 1.77 bits per heavy atom. The minimum atomic E-state index is -0.261. The van der Waals surface area contributed by atoms with Crippen LogP contribution in [0, 0.1) is 6.92 Å². The van der Waals surface area contributed by atoms with Gasteiger partial charge in [0, 0.05) is 30.4 Å². The Morgan fingerprint density at radius 3 is 2.46 bits per heavy atom. The Labute approximate surface area is 157 Å². The molecule has 0 saturated heterocycles. The number of carbonyl (C=O) groups excluding carboxylic acids is 1. The van der Waals surface area contributed by atoms with Crippen LogP contribution in [0.5, 0.6) is 0 Å². The number of aryl methyl sites for hydroxylation is 1. The van der Waals surface area contributed by atoms with E-state index >= 15 is 0 Å². The molecular weight excluding hydrogens is 348 g/mol. The van der Waals surface area contributed by atoms with Crippen molar-refractivity contribution in [2.75, 3.05) is 17.3 Å². The number of halogens is 1. The van der Waals surface area contributed by atoms with Crippen LogP contribution >= 0.6 is 11.6 Å². The summed E-state index contributed by atoms with van der Waals surface area (Å²) in [7, 11) is 1.93. The molecule has 0 radical (unpaired) electrons. The van der Waals surface area contributed by atoms with Crippen molar-refractivity contribution in [3.05, 3.63) is 82.8 Å². The summed E-state index contributed by atoms with van der Waals surface area (Å²) < 4.78 is 0. The molecule has 0 bridgehead atoms. The number of hydrogen-bond acceptors (Lipinski definition) is 4. The number of hydrogen-bond donors (Lipinski definition) is 1. The SMILES string of the molecule is Cc1nc(C(=O)Nc2ccccc2)cc(N(C)Cc2ccc(Cl)cc2)n1. The molecule has 1 amide bonds. The van der Waals surface area contributed by atoms with E-state index in [0.717, 1.165) is 11.3 Å². The average molecular weight is 367 g/mol. The highest BCUT2D eigenvalue weighted by molar-refractivity contribution is 6.30. The molecule has 1 heterocycles. The lowest BCUT2D eigenvalue weighted by atomic mass is 10.2. The Hall–Kier alpha value is -2.92. The van der Waals surface area contributed by atoms with Crippen LogP contribution < -0.4 is 10.2 Å². The van der Waals surface area contributed by atoms with E-state index in [1.165, 1.54) is 0 Å². The van der Waals surface area contributed by atoms with E-state index in [9.17, 15) is 4.79 Å². The molecular formula is C20H19ClN4O. The zero-order chi connectivity index (χ0) is 18.5. The monoisotopic (exact) mass is 366 g/mol. The van der Waals surface area contributed by atoms with E-state index in [2.05, 4.69) is 15.3 Å². The number of nitrogens with zero attached hydrogens (tertiary/aromatic N) is 3. The fourth-order valence-corrected chi connectivity index (χ4v) is 2.65. The van der Waals surface area contributed by atoms with E-state index in [-0.39, 0.29) is 5.91 Å². The van der Waals surface area contributed by atoms with Gasteiger partial charge in [-0.3, -0.25) is 4.79 Å². The summed E-state index contributed by atoms with van der Waals surface area (Å²) >= 11 is 5.93. The van der Waals surface area contributed by atoms with Gasteiger partial charge in [-0.2, -0.15) is 0 Å². The number of benzene rings is 2. The topological polar surface area (TPSA) is 58.1 Å². The lowest BCUT2D eigenvalue weighted by Crippen LogP contribution is -2.21. The second-order valence-electron chi connectivity index (χ2n) is 5.96. The predicted molar refractivity (Wildman–Crippen MR) is 105 cm³/mol. The van der Waals surface area contributed by atoms with Crippen LogP contribution in [0.1, 0.15) is 21.9 Å². The summed E-state index contributed by atoms with van der Waals surface area (Å²) in [6, 6.07) is 18.6. The van der Waals surface area contributed by atoms with E-state index in [1.807, 2.05) is 66.5 Å². The summed E-state index contributed by atoms with van der Waals surface area (Å²) in [6.45, 7) is 2.42. The number of rotatable bonds is 5. The predicted octanol–water partition coefficient (Wildman–Crippen LogP) is 4.33. The Morgan fingerprint density at radius 1 is 1.08 bits per heavy atom. The fourth-order valence-electron chi connectivity index (χ4n) is 2.53. The van der Waals surface area contributed by atoms with Crippen molar-refractivity contribution >= 4 is 29.0 Å². The van der Waals surface area contributed by atoms with Crippen LogP contribution in [-0.4, -0.2) is 22.9 Å². The molecule has 3 rings (SSSR count). The summed E-state index contributed by atoms with van der Waals surface area (Å²) in [5, 5.41) is 3.55. The third-order valence-electron chi connectivity index (χ3n) is 3.81. The number of para-hydroxylation sites is 1. The highest BCUT2D eigenvalue weighted by Crippen LogP contribution is 2.17. The van der Waals surface area contributed by atoms with Crippen LogP contribution in [0.25, 0.3) is 0 Å². The molecule has 0 atom stereocenters. The lowest BCUT2D eigenvalue weighted by molar-refractivity contribution is 0.102. The first-order chi connectivity index (χ1) is 12.5. The van der Waals surface area contributed by atoms with Crippen molar-refractivity contribution in [1.29, 1.82) is 0 Å². The summed E-state index contributed by atoms with van der Waals surface area (Å²) in [5.41, 5.74) is 2.16. The van der Waals surface area contributed by atoms with Gasteiger partial charge in [0.05, 0.1) is 0 Å². The standard InChI is InChI=1S/C20H19ClN4O/c1-14-22-18(20(26)24-17-6-4-3-5-7-17)12-19(23-14)25(2)13-15-8-10-16(21)11-9-15/h3-12H,13H2,1-2H3,(H,24,26). The number of anilines is 2. The van der Waals surface area contributed by atoms with E-state index in [4.69, 9.17) is 11.6 Å². The van der Waals surface area contributed by atoms with Gasteiger partial charge < -0.3 is 10.2 Å². The largest absolute Gasteiger partial charge is 0.355 e. The summed E-state index contributed by atoms with van der Waals surface area (Å²) in [6.07, 6.45) is 0. The Bertz CT molecular complexity index is 897. The maximum Gasteiger partial charge on any atom is 0.274 e. The van der Waals surface area contributed by atoms with Gasteiger partial charge >= 0.3 is 0 Å². The fraction of sp³-hybridized carbons (Fsp3) is 0.150. The van der Waals surface area contributed by atoms with Crippen molar-refractivity contribution in [2.45, 2.75) is 13.5 Å². The van der Waals surface area contributed by atoms with Crippen molar-refractivity contribution < 1.29 is 4.79 Å². The molecule has 0 saturated carbocycles. The van der Waals surface area contributed by atoms with Crippen molar-refractivity contribution in [1.82, 2.24) is 9.97 Å². The zero-order valence-electron chi connectivity index (χ0n) is 14.6.